The Balaban J connectivity index is 1.56. The van der Waals surface area contributed by atoms with Crippen LogP contribution in [0.3, 0.4) is 0 Å². The van der Waals surface area contributed by atoms with E-state index in [0.717, 1.165) is 50.4 Å². The summed E-state index contributed by atoms with van der Waals surface area (Å²) in [6.45, 7) is 5.02. The van der Waals surface area contributed by atoms with Crippen molar-refractivity contribution in [1.29, 1.82) is 0 Å². The number of benzene rings is 1. The van der Waals surface area contributed by atoms with E-state index >= 15 is 0 Å². The Morgan fingerprint density at radius 3 is 2.89 bits per heavy atom. The van der Waals surface area contributed by atoms with E-state index < -0.39 is 0 Å². The third-order valence-corrected chi connectivity index (χ3v) is 3.99. The molecule has 4 heteroatoms. The van der Waals surface area contributed by atoms with Crippen molar-refractivity contribution >= 4 is 5.71 Å². The number of nitrogens with zero attached hydrogens (tertiary/aromatic N) is 2. The molecule has 102 valence electrons. The molecule has 1 aromatic carbocycles. The van der Waals surface area contributed by atoms with Crippen LogP contribution in [0.15, 0.2) is 23.4 Å². The molecule has 1 unspecified atom stereocenters. The molecule has 0 aromatic heterocycles. The minimum atomic E-state index is 0.268. The molecule has 2 aliphatic rings. The van der Waals surface area contributed by atoms with Crippen LogP contribution in [0.25, 0.3) is 0 Å². The summed E-state index contributed by atoms with van der Waals surface area (Å²) >= 11 is 0. The van der Waals surface area contributed by atoms with E-state index in [1.54, 1.807) is 0 Å². The monoisotopic (exact) mass is 260 g/mol. The van der Waals surface area contributed by atoms with Crippen molar-refractivity contribution < 1.29 is 9.94 Å². The van der Waals surface area contributed by atoms with Gasteiger partial charge in [-0.2, -0.15) is 0 Å². The van der Waals surface area contributed by atoms with Crippen LogP contribution < -0.4 is 4.74 Å². The molecule has 0 aliphatic carbocycles. The van der Waals surface area contributed by atoms with Crippen LogP contribution in [0.2, 0.25) is 0 Å². The Labute approximate surface area is 113 Å². The molecule has 1 atom stereocenters. The topological polar surface area (TPSA) is 45.1 Å². The third-order valence-electron chi connectivity index (χ3n) is 3.99. The number of hydrogen-bond acceptors (Lipinski definition) is 4. The SMILES string of the molecule is Cc1ccc2c(c1)CC(CN1CCC(=NO)CC1)O2. The first-order valence-corrected chi connectivity index (χ1v) is 6.93. The van der Waals surface area contributed by atoms with Gasteiger partial charge in [0.15, 0.2) is 0 Å². The first-order valence-electron chi connectivity index (χ1n) is 6.93. The maximum absolute atomic E-state index is 8.75. The average molecular weight is 260 g/mol. The van der Waals surface area contributed by atoms with Gasteiger partial charge < -0.3 is 9.94 Å². The first-order chi connectivity index (χ1) is 9.24. The van der Waals surface area contributed by atoms with Crippen LogP contribution in [-0.2, 0) is 6.42 Å². The lowest BCUT2D eigenvalue weighted by Crippen LogP contribution is -2.40. The maximum atomic E-state index is 8.75. The summed E-state index contributed by atoms with van der Waals surface area (Å²) in [6, 6.07) is 6.41. The summed E-state index contributed by atoms with van der Waals surface area (Å²) < 4.78 is 6.00. The number of ether oxygens (including phenoxy) is 1. The summed E-state index contributed by atoms with van der Waals surface area (Å²) in [7, 11) is 0. The fraction of sp³-hybridized carbons (Fsp3) is 0.533. The Morgan fingerprint density at radius 2 is 2.16 bits per heavy atom. The minimum Gasteiger partial charge on any atom is -0.488 e. The van der Waals surface area contributed by atoms with Crippen LogP contribution >= 0.6 is 0 Å². The van der Waals surface area contributed by atoms with E-state index in [9.17, 15) is 0 Å². The lowest BCUT2D eigenvalue weighted by Gasteiger charge is -2.28. The van der Waals surface area contributed by atoms with Gasteiger partial charge in [-0.1, -0.05) is 22.9 Å². The van der Waals surface area contributed by atoms with Crippen molar-refractivity contribution in [1.82, 2.24) is 4.90 Å². The van der Waals surface area contributed by atoms with Gasteiger partial charge in [0.25, 0.3) is 0 Å². The zero-order valence-corrected chi connectivity index (χ0v) is 11.3. The van der Waals surface area contributed by atoms with E-state index in [2.05, 4.69) is 35.2 Å². The number of hydrogen-bond donors (Lipinski definition) is 1. The highest BCUT2D eigenvalue weighted by Gasteiger charge is 2.26. The second-order valence-corrected chi connectivity index (χ2v) is 5.52. The molecule has 0 amide bonds. The lowest BCUT2D eigenvalue weighted by molar-refractivity contribution is 0.149. The van der Waals surface area contributed by atoms with E-state index in [0.29, 0.717) is 0 Å². The summed E-state index contributed by atoms with van der Waals surface area (Å²) in [5.41, 5.74) is 3.55. The van der Waals surface area contributed by atoms with Gasteiger partial charge in [0, 0.05) is 38.9 Å². The molecular weight excluding hydrogens is 240 g/mol. The normalized spacial score (nSPS) is 23.0. The van der Waals surface area contributed by atoms with Crippen molar-refractivity contribution in [2.24, 2.45) is 5.16 Å². The van der Waals surface area contributed by atoms with Gasteiger partial charge in [-0.15, -0.1) is 0 Å². The highest BCUT2D eigenvalue weighted by molar-refractivity contribution is 5.84. The fourth-order valence-electron chi connectivity index (χ4n) is 2.93. The number of piperidine rings is 1. The van der Waals surface area contributed by atoms with Gasteiger partial charge in [-0.3, -0.25) is 4.90 Å². The lowest BCUT2D eigenvalue weighted by atomic mass is 10.1. The second-order valence-electron chi connectivity index (χ2n) is 5.52. The van der Waals surface area contributed by atoms with Gasteiger partial charge in [-0.05, 0) is 18.6 Å². The molecule has 2 heterocycles. The zero-order valence-electron chi connectivity index (χ0n) is 11.3. The van der Waals surface area contributed by atoms with Gasteiger partial charge >= 0.3 is 0 Å². The number of oxime groups is 1. The van der Waals surface area contributed by atoms with Crippen LogP contribution in [-0.4, -0.2) is 41.6 Å². The number of fused-ring (bicyclic) bond motifs is 1. The van der Waals surface area contributed by atoms with Crippen molar-refractivity contribution in [3.8, 4) is 5.75 Å². The molecule has 0 radical (unpaired) electrons. The second kappa shape index (κ2) is 5.21. The molecule has 0 bridgehead atoms. The summed E-state index contributed by atoms with van der Waals surface area (Å²) in [4.78, 5) is 2.40. The molecule has 19 heavy (non-hydrogen) atoms. The zero-order chi connectivity index (χ0) is 13.2. The number of rotatable bonds is 2. The van der Waals surface area contributed by atoms with Gasteiger partial charge in [0.2, 0.25) is 0 Å². The Kier molecular flexibility index (Phi) is 3.42. The molecule has 0 spiro atoms. The Bertz CT molecular complexity index is 489. The predicted octanol–water partition coefficient (Wildman–Crippen LogP) is 2.22. The number of aryl methyl sites for hydroxylation is 1. The Hall–Kier alpha value is -1.55. The van der Waals surface area contributed by atoms with Crippen LogP contribution in [0.4, 0.5) is 0 Å². The highest BCUT2D eigenvalue weighted by atomic mass is 16.5. The van der Waals surface area contributed by atoms with Crippen molar-refractivity contribution in [2.75, 3.05) is 19.6 Å². The molecule has 3 rings (SSSR count). The summed E-state index contributed by atoms with van der Waals surface area (Å²) in [6.07, 6.45) is 3.02. The highest BCUT2D eigenvalue weighted by Crippen LogP contribution is 2.30. The van der Waals surface area contributed by atoms with Gasteiger partial charge in [-0.25, -0.2) is 0 Å². The largest absolute Gasteiger partial charge is 0.488 e. The molecule has 0 saturated carbocycles. The third kappa shape index (κ3) is 2.73. The summed E-state index contributed by atoms with van der Waals surface area (Å²) in [5, 5.41) is 12.1. The van der Waals surface area contributed by atoms with E-state index in [1.165, 1.54) is 11.1 Å². The number of likely N-dealkylation sites (tertiary alicyclic amines) is 1. The van der Waals surface area contributed by atoms with E-state index in [-0.39, 0.29) is 6.10 Å². The fourth-order valence-corrected chi connectivity index (χ4v) is 2.93. The van der Waals surface area contributed by atoms with Crippen LogP contribution in [0.5, 0.6) is 5.75 Å². The smallest absolute Gasteiger partial charge is 0.123 e. The molecule has 1 N–H and O–H groups in total. The van der Waals surface area contributed by atoms with E-state index in [4.69, 9.17) is 9.94 Å². The predicted molar refractivity (Wildman–Crippen MR) is 74.2 cm³/mol. The van der Waals surface area contributed by atoms with Crippen molar-refractivity contribution in [2.45, 2.75) is 32.3 Å². The van der Waals surface area contributed by atoms with Crippen molar-refractivity contribution in [3.05, 3.63) is 29.3 Å². The maximum Gasteiger partial charge on any atom is 0.123 e. The minimum absolute atomic E-state index is 0.268. The molecule has 1 fully saturated rings. The quantitative estimate of drug-likeness (QED) is 0.655. The van der Waals surface area contributed by atoms with Gasteiger partial charge in [0.05, 0.1) is 5.71 Å². The molecule has 1 aromatic rings. The van der Waals surface area contributed by atoms with Crippen LogP contribution in [0, 0.1) is 6.92 Å². The molecule has 2 aliphatic heterocycles. The van der Waals surface area contributed by atoms with Gasteiger partial charge in [0.1, 0.15) is 11.9 Å². The molecule has 4 nitrogen and oxygen atoms in total. The van der Waals surface area contributed by atoms with Crippen molar-refractivity contribution in [3.63, 3.8) is 0 Å². The van der Waals surface area contributed by atoms with Crippen LogP contribution in [0.1, 0.15) is 24.0 Å². The molecular formula is C15H20N2O2. The first kappa shape index (κ1) is 12.5. The van der Waals surface area contributed by atoms with E-state index in [1.807, 2.05) is 0 Å². The Morgan fingerprint density at radius 1 is 1.37 bits per heavy atom. The molecule has 1 saturated heterocycles. The average Bonchev–Trinajstić information content (AvgIpc) is 2.81. The standard InChI is InChI=1S/C15H20N2O2/c1-11-2-3-15-12(8-11)9-14(19-15)10-17-6-4-13(16-18)5-7-17/h2-3,8,14,18H,4-7,9-10H2,1H3. The summed E-state index contributed by atoms with van der Waals surface area (Å²) in [5.74, 6) is 1.05.